The quantitative estimate of drug-likeness (QED) is 0.433. The summed E-state index contributed by atoms with van der Waals surface area (Å²) in [6, 6.07) is 0. The molecule has 0 N–H and O–H groups in total. The molecular formula is C13H28N+. The van der Waals surface area contributed by atoms with Crippen molar-refractivity contribution in [3.05, 3.63) is 0 Å². The van der Waals surface area contributed by atoms with Crippen LogP contribution in [0.15, 0.2) is 0 Å². The van der Waals surface area contributed by atoms with Gasteiger partial charge in [-0.05, 0) is 19.3 Å². The van der Waals surface area contributed by atoms with E-state index < -0.39 is 0 Å². The minimum atomic E-state index is 1.37. The highest BCUT2D eigenvalue weighted by Crippen LogP contribution is 2.21. The number of hydrogen-bond acceptors (Lipinski definition) is 0. The predicted molar refractivity (Wildman–Crippen MR) is 63.4 cm³/mol. The van der Waals surface area contributed by atoms with Crippen molar-refractivity contribution in [3.8, 4) is 0 Å². The summed E-state index contributed by atoms with van der Waals surface area (Å²) >= 11 is 0. The van der Waals surface area contributed by atoms with Crippen LogP contribution < -0.4 is 0 Å². The van der Waals surface area contributed by atoms with Crippen LogP contribution in [0.4, 0.5) is 0 Å². The van der Waals surface area contributed by atoms with E-state index in [1.54, 1.807) is 0 Å². The zero-order valence-electron chi connectivity index (χ0n) is 10.2. The molecule has 0 saturated carbocycles. The standard InChI is InChI=1S/C13H28N/c1-3-5-7-11-14(10-6-4-2)12-8-9-13-14/h3-13H2,1-2H3/q+1. The van der Waals surface area contributed by atoms with E-state index in [2.05, 4.69) is 13.8 Å². The average molecular weight is 198 g/mol. The Kier molecular flexibility index (Phi) is 5.54. The monoisotopic (exact) mass is 198 g/mol. The summed E-state index contributed by atoms with van der Waals surface area (Å²) < 4.78 is 1.47. The molecule has 0 bridgehead atoms. The zero-order chi connectivity index (χ0) is 10.3. The fourth-order valence-corrected chi connectivity index (χ4v) is 2.76. The van der Waals surface area contributed by atoms with Crippen molar-refractivity contribution in [2.24, 2.45) is 0 Å². The Labute approximate surface area is 90.1 Å². The third-order valence-electron chi connectivity index (χ3n) is 3.74. The van der Waals surface area contributed by atoms with Crippen molar-refractivity contribution >= 4 is 0 Å². The molecule has 0 radical (unpaired) electrons. The van der Waals surface area contributed by atoms with Gasteiger partial charge in [0, 0.05) is 12.8 Å². The molecule has 1 nitrogen and oxygen atoms in total. The largest absolute Gasteiger partial charge is 0.324 e. The van der Waals surface area contributed by atoms with E-state index >= 15 is 0 Å². The van der Waals surface area contributed by atoms with Crippen molar-refractivity contribution in [1.29, 1.82) is 0 Å². The molecule has 1 fully saturated rings. The van der Waals surface area contributed by atoms with Gasteiger partial charge in [0.1, 0.15) is 0 Å². The van der Waals surface area contributed by atoms with E-state index in [-0.39, 0.29) is 0 Å². The van der Waals surface area contributed by atoms with Gasteiger partial charge >= 0.3 is 0 Å². The Hall–Kier alpha value is -0.0400. The summed E-state index contributed by atoms with van der Waals surface area (Å²) in [5.41, 5.74) is 0. The van der Waals surface area contributed by atoms with Gasteiger partial charge in [-0.15, -0.1) is 0 Å². The van der Waals surface area contributed by atoms with Crippen LogP contribution in [0.1, 0.15) is 58.8 Å². The minimum absolute atomic E-state index is 1.37. The molecule has 1 aliphatic heterocycles. The fourth-order valence-electron chi connectivity index (χ4n) is 2.76. The molecule has 1 rings (SSSR count). The van der Waals surface area contributed by atoms with Gasteiger partial charge in [-0.1, -0.05) is 26.7 Å². The molecule has 0 aliphatic carbocycles. The van der Waals surface area contributed by atoms with Gasteiger partial charge in [-0.25, -0.2) is 0 Å². The second-order valence-corrected chi connectivity index (χ2v) is 5.00. The lowest BCUT2D eigenvalue weighted by molar-refractivity contribution is -0.917. The van der Waals surface area contributed by atoms with E-state index in [9.17, 15) is 0 Å². The lowest BCUT2D eigenvalue weighted by atomic mass is 10.2. The molecule has 0 unspecified atom stereocenters. The third-order valence-corrected chi connectivity index (χ3v) is 3.74. The Balaban J connectivity index is 2.28. The fraction of sp³-hybridized carbons (Fsp3) is 1.00. The van der Waals surface area contributed by atoms with E-state index in [4.69, 9.17) is 0 Å². The van der Waals surface area contributed by atoms with Crippen LogP contribution in [0.3, 0.4) is 0 Å². The molecule has 1 aliphatic rings. The number of likely N-dealkylation sites (tertiary alicyclic amines) is 1. The minimum Gasteiger partial charge on any atom is -0.324 e. The summed E-state index contributed by atoms with van der Waals surface area (Å²) in [5.74, 6) is 0. The second-order valence-electron chi connectivity index (χ2n) is 5.00. The van der Waals surface area contributed by atoms with E-state index in [1.165, 1.54) is 75.6 Å². The topological polar surface area (TPSA) is 0 Å². The Morgan fingerprint density at radius 2 is 1.36 bits per heavy atom. The lowest BCUT2D eigenvalue weighted by Crippen LogP contribution is -2.46. The zero-order valence-corrected chi connectivity index (χ0v) is 10.2. The van der Waals surface area contributed by atoms with Crippen LogP contribution in [0.5, 0.6) is 0 Å². The molecule has 1 heteroatoms. The SMILES string of the molecule is CCCCC[N+]1(CCCC)CCCC1. The van der Waals surface area contributed by atoms with Crippen molar-refractivity contribution in [2.75, 3.05) is 26.2 Å². The molecule has 0 amide bonds. The van der Waals surface area contributed by atoms with Crippen molar-refractivity contribution in [2.45, 2.75) is 58.8 Å². The van der Waals surface area contributed by atoms with Gasteiger partial charge in [0.25, 0.3) is 0 Å². The molecule has 1 saturated heterocycles. The molecule has 0 aromatic carbocycles. The first-order chi connectivity index (χ1) is 6.83. The average Bonchev–Trinajstić information content (AvgIpc) is 2.65. The van der Waals surface area contributed by atoms with Gasteiger partial charge in [-0.3, -0.25) is 0 Å². The first kappa shape index (κ1) is 12.0. The van der Waals surface area contributed by atoms with Gasteiger partial charge in [0.2, 0.25) is 0 Å². The van der Waals surface area contributed by atoms with Crippen LogP contribution in [-0.2, 0) is 0 Å². The maximum absolute atomic E-state index is 2.32. The summed E-state index contributed by atoms with van der Waals surface area (Å²) in [6.07, 6.45) is 10.0. The summed E-state index contributed by atoms with van der Waals surface area (Å²) in [6.45, 7) is 10.5. The highest BCUT2D eigenvalue weighted by atomic mass is 15.4. The Morgan fingerprint density at radius 3 is 1.93 bits per heavy atom. The molecule has 0 aromatic rings. The maximum Gasteiger partial charge on any atom is 0.0788 e. The molecule has 1 heterocycles. The van der Waals surface area contributed by atoms with E-state index in [0.717, 1.165) is 0 Å². The number of nitrogens with zero attached hydrogens (tertiary/aromatic N) is 1. The highest BCUT2D eigenvalue weighted by molar-refractivity contribution is 4.55. The Morgan fingerprint density at radius 1 is 0.786 bits per heavy atom. The first-order valence-electron chi connectivity index (χ1n) is 6.68. The number of rotatable bonds is 7. The summed E-state index contributed by atoms with van der Waals surface area (Å²) in [5, 5.41) is 0. The lowest BCUT2D eigenvalue weighted by Gasteiger charge is -2.34. The normalized spacial score (nSPS) is 20.1. The maximum atomic E-state index is 2.32. The van der Waals surface area contributed by atoms with Crippen molar-refractivity contribution in [3.63, 3.8) is 0 Å². The molecular weight excluding hydrogens is 170 g/mol. The summed E-state index contributed by atoms with van der Waals surface area (Å²) in [4.78, 5) is 0. The smallest absolute Gasteiger partial charge is 0.0788 e. The van der Waals surface area contributed by atoms with Crippen LogP contribution in [0.2, 0.25) is 0 Å². The van der Waals surface area contributed by atoms with Crippen molar-refractivity contribution < 1.29 is 4.48 Å². The number of unbranched alkanes of at least 4 members (excludes halogenated alkanes) is 3. The number of quaternary nitrogens is 1. The molecule has 0 aromatic heterocycles. The molecule has 14 heavy (non-hydrogen) atoms. The predicted octanol–water partition coefficient (Wildman–Crippen LogP) is 3.59. The molecule has 84 valence electrons. The number of hydrogen-bond donors (Lipinski definition) is 0. The van der Waals surface area contributed by atoms with Gasteiger partial charge in [0.15, 0.2) is 0 Å². The third kappa shape index (κ3) is 3.61. The highest BCUT2D eigenvalue weighted by Gasteiger charge is 2.30. The second kappa shape index (κ2) is 6.44. The van der Waals surface area contributed by atoms with Crippen molar-refractivity contribution in [1.82, 2.24) is 0 Å². The van der Waals surface area contributed by atoms with E-state index in [1.807, 2.05) is 0 Å². The van der Waals surface area contributed by atoms with Crippen LogP contribution in [-0.4, -0.2) is 30.7 Å². The van der Waals surface area contributed by atoms with Crippen LogP contribution >= 0.6 is 0 Å². The summed E-state index contributed by atoms with van der Waals surface area (Å²) in [7, 11) is 0. The van der Waals surface area contributed by atoms with Gasteiger partial charge < -0.3 is 4.48 Å². The Bertz CT molecular complexity index is 136. The molecule has 0 spiro atoms. The van der Waals surface area contributed by atoms with E-state index in [0.29, 0.717) is 0 Å². The molecule has 0 atom stereocenters. The first-order valence-corrected chi connectivity index (χ1v) is 6.68. The van der Waals surface area contributed by atoms with Gasteiger partial charge in [0.05, 0.1) is 26.2 Å². The van der Waals surface area contributed by atoms with Gasteiger partial charge in [-0.2, -0.15) is 0 Å². The van der Waals surface area contributed by atoms with Crippen LogP contribution in [0, 0.1) is 0 Å². The van der Waals surface area contributed by atoms with Crippen LogP contribution in [0.25, 0.3) is 0 Å².